The van der Waals surface area contributed by atoms with Crippen LogP contribution in [0.15, 0.2) is 53.4 Å². The Balaban J connectivity index is 1.79. The molecule has 0 bridgehead atoms. The number of rotatable bonds is 7. The van der Waals surface area contributed by atoms with E-state index in [0.717, 1.165) is 16.0 Å². The van der Waals surface area contributed by atoms with Gasteiger partial charge in [-0.15, -0.1) is 11.8 Å². The van der Waals surface area contributed by atoms with E-state index in [1.807, 2.05) is 55.5 Å². The van der Waals surface area contributed by atoms with E-state index < -0.39 is 10.0 Å². The summed E-state index contributed by atoms with van der Waals surface area (Å²) in [6.07, 6.45) is 0. The standard InChI is InChI=1S/C16H18ClNO2S2/c1-13-3-2-4-14(11-13)12-22(19,20)18-9-10-21-16-7-5-15(17)6-8-16/h2-8,11,18H,9-10,12H2,1H3. The molecular formula is C16H18ClNO2S2. The van der Waals surface area contributed by atoms with Crippen molar-refractivity contribution in [2.75, 3.05) is 12.3 Å². The van der Waals surface area contributed by atoms with Gasteiger partial charge in [-0.1, -0.05) is 41.4 Å². The second-order valence-corrected chi connectivity index (χ2v) is 8.36. The average Bonchev–Trinajstić information content (AvgIpc) is 2.45. The molecule has 0 saturated carbocycles. The number of aryl methyl sites for hydroxylation is 1. The zero-order valence-electron chi connectivity index (χ0n) is 12.3. The minimum absolute atomic E-state index is 0.0142. The highest BCUT2D eigenvalue weighted by Gasteiger charge is 2.10. The van der Waals surface area contributed by atoms with E-state index in [1.54, 1.807) is 11.8 Å². The predicted octanol–water partition coefficient (Wildman–Crippen LogP) is 3.86. The van der Waals surface area contributed by atoms with Crippen LogP contribution in [0.3, 0.4) is 0 Å². The number of hydrogen-bond acceptors (Lipinski definition) is 3. The lowest BCUT2D eigenvalue weighted by Crippen LogP contribution is -2.27. The summed E-state index contributed by atoms with van der Waals surface area (Å²) >= 11 is 7.41. The first-order valence-corrected chi connectivity index (χ1v) is 9.87. The molecule has 0 atom stereocenters. The van der Waals surface area contributed by atoms with E-state index in [1.165, 1.54) is 0 Å². The van der Waals surface area contributed by atoms with Gasteiger partial charge in [-0.2, -0.15) is 0 Å². The largest absolute Gasteiger partial charge is 0.215 e. The summed E-state index contributed by atoms with van der Waals surface area (Å²) in [5, 5.41) is 0.697. The van der Waals surface area contributed by atoms with Crippen LogP contribution in [-0.2, 0) is 15.8 Å². The molecule has 0 radical (unpaired) electrons. The van der Waals surface area contributed by atoms with Gasteiger partial charge in [0.15, 0.2) is 0 Å². The van der Waals surface area contributed by atoms with Crippen LogP contribution >= 0.6 is 23.4 Å². The first kappa shape index (κ1) is 17.3. The van der Waals surface area contributed by atoms with Crippen molar-refractivity contribution in [3.63, 3.8) is 0 Å². The average molecular weight is 356 g/mol. The zero-order chi connectivity index (χ0) is 16.0. The first-order chi connectivity index (χ1) is 10.4. The number of thioether (sulfide) groups is 1. The summed E-state index contributed by atoms with van der Waals surface area (Å²) in [5.41, 5.74) is 1.86. The zero-order valence-corrected chi connectivity index (χ0v) is 14.6. The molecule has 118 valence electrons. The minimum Gasteiger partial charge on any atom is -0.214 e. The van der Waals surface area contributed by atoms with Crippen LogP contribution < -0.4 is 4.72 Å². The molecule has 1 N–H and O–H groups in total. The third-order valence-electron chi connectivity index (χ3n) is 2.95. The van der Waals surface area contributed by atoms with E-state index in [-0.39, 0.29) is 5.75 Å². The summed E-state index contributed by atoms with van der Waals surface area (Å²) in [5.74, 6) is 0.689. The third-order valence-corrected chi connectivity index (χ3v) is 5.57. The third kappa shape index (κ3) is 6.01. The fraction of sp³-hybridized carbons (Fsp3) is 0.250. The van der Waals surface area contributed by atoms with Crippen LogP contribution in [0.2, 0.25) is 5.02 Å². The van der Waals surface area contributed by atoms with E-state index in [0.29, 0.717) is 17.3 Å². The fourth-order valence-corrected chi connectivity index (χ4v) is 4.13. The molecule has 0 unspecified atom stereocenters. The maximum absolute atomic E-state index is 12.0. The van der Waals surface area contributed by atoms with Crippen molar-refractivity contribution in [2.45, 2.75) is 17.6 Å². The van der Waals surface area contributed by atoms with Gasteiger partial charge in [0.05, 0.1) is 5.75 Å². The van der Waals surface area contributed by atoms with Crippen molar-refractivity contribution in [2.24, 2.45) is 0 Å². The molecule has 2 aromatic rings. The summed E-state index contributed by atoms with van der Waals surface area (Å²) in [6.45, 7) is 2.35. The van der Waals surface area contributed by atoms with Gasteiger partial charge in [-0.3, -0.25) is 0 Å². The highest BCUT2D eigenvalue weighted by Crippen LogP contribution is 2.19. The van der Waals surface area contributed by atoms with E-state index in [2.05, 4.69) is 4.72 Å². The van der Waals surface area contributed by atoms with E-state index >= 15 is 0 Å². The normalized spacial score (nSPS) is 11.5. The first-order valence-electron chi connectivity index (χ1n) is 6.86. The fourth-order valence-electron chi connectivity index (χ4n) is 1.97. The van der Waals surface area contributed by atoms with Gasteiger partial charge in [-0.05, 0) is 36.8 Å². The van der Waals surface area contributed by atoms with Crippen LogP contribution in [0.1, 0.15) is 11.1 Å². The molecule has 0 fully saturated rings. The molecule has 0 aliphatic rings. The second kappa shape index (κ2) is 8.02. The second-order valence-electron chi connectivity index (χ2n) is 4.94. The predicted molar refractivity (Wildman–Crippen MR) is 94.0 cm³/mol. The number of halogens is 1. The van der Waals surface area contributed by atoms with Gasteiger partial charge in [0.25, 0.3) is 0 Å². The van der Waals surface area contributed by atoms with Gasteiger partial charge in [0.1, 0.15) is 0 Å². The SMILES string of the molecule is Cc1cccc(CS(=O)(=O)NCCSc2ccc(Cl)cc2)c1. The molecule has 0 amide bonds. The molecule has 0 heterocycles. The highest BCUT2D eigenvalue weighted by molar-refractivity contribution is 7.99. The summed E-state index contributed by atoms with van der Waals surface area (Å²) in [7, 11) is -3.30. The molecule has 2 rings (SSSR count). The maximum atomic E-state index is 12.0. The lowest BCUT2D eigenvalue weighted by atomic mass is 10.2. The van der Waals surface area contributed by atoms with Gasteiger partial charge >= 0.3 is 0 Å². The van der Waals surface area contributed by atoms with E-state index in [9.17, 15) is 8.42 Å². The van der Waals surface area contributed by atoms with Crippen LogP contribution in [-0.4, -0.2) is 20.7 Å². The van der Waals surface area contributed by atoms with Gasteiger partial charge in [-0.25, -0.2) is 13.1 Å². The molecule has 0 aromatic heterocycles. The number of sulfonamides is 1. The summed E-state index contributed by atoms with van der Waals surface area (Å²) in [4.78, 5) is 1.07. The number of benzene rings is 2. The molecule has 0 saturated heterocycles. The molecule has 22 heavy (non-hydrogen) atoms. The van der Waals surface area contributed by atoms with Crippen molar-refractivity contribution >= 4 is 33.4 Å². The molecule has 0 aliphatic carbocycles. The van der Waals surface area contributed by atoms with Crippen molar-refractivity contribution in [1.29, 1.82) is 0 Å². The Morgan fingerprint density at radius 1 is 1.14 bits per heavy atom. The van der Waals surface area contributed by atoms with Gasteiger partial charge in [0, 0.05) is 22.2 Å². The molecule has 3 nitrogen and oxygen atoms in total. The summed E-state index contributed by atoms with van der Waals surface area (Å²) in [6, 6.07) is 15.0. The van der Waals surface area contributed by atoms with Crippen molar-refractivity contribution in [3.8, 4) is 0 Å². The Morgan fingerprint density at radius 3 is 2.55 bits per heavy atom. The van der Waals surface area contributed by atoms with Crippen molar-refractivity contribution < 1.29 is 8.42 Å². The number of hydrogen-bond donors (Lipinski definition) is 1. The van der Waals surface area contributed by atoms with Crippen LogP contribution in [0, 0.1) is 6.92 Å². The maximum Gasteiger partial charge on any atom is 0.215 e. The Labute approximate surface area is 141 Å². The number of nitrogens with one attached hydrogen (secondary N) is 1. The smallest absolute Gasteiger partial charge is 0.214 e. The van der Waals surface area contributed by atoms with Crippen molar-refractivity contribution in [3.05, 3.63) is 64.7 Å². The summed E-state index contributed by atoms with van der Waals surface area (Å²) < 4.78 is 26.7. The Kier molecular flexibility index (Phi) is 6.32. The quantitative estimate of drug-likeness (QED) is 0.606. The molecule has 6 heteroatoms. The Morgan fingerprint density at radius 2 is 1.86 bits per heavy atom. The highest BCUT2D eigenvalue weighted by atomic mass is 35.5. The van der Waals surface area contributed by atoms with Crippen LogP contribution in [0.25, 0.3) is 0 Å². The molecule has 0 aliphatic heterocycles. The Hall–Kier alpha value is -1.01. The molecule has 0 spiro atoms. The minimum atomic E-state index is -3.30. The monoisotopic (exact) mass is 355 g/mol. The topological polar surface area (TPSA) is 46.2 Å². The lowest BCUT2D eigenvalue weighted by molar-refractivity contribution is 0.583. The Bertz CT molecular complexity index is 715. The van der Waals surface area contributed by atoms with Gasteiger partial charge in [0.2, 0.25) is 10.0 Å². The van der Waals surface area contributed by atoms with Crippen LogP contribution in [0.4, 0.5) is 0 Å². The van der Waals surface area contributed by atoms with Crippen LogP contribution in [0.5, 0.6) is 0 Å². The molecule has 2 aromatic carbocycles. The lowest BCUT2D eigenvalue weighted by Gasteiger charge is -2.07. The molecular weight excluding hydrogens is 338 g/mol. The van der Waals surface area contributed by atoms with E-state index in [4.69, 9.17) is 11.6 Å². The van der Waals surface area contributed by atoms with Crippen molar-refractivity contribution in [1.82, 2.24) is 4.72 Å². The van der Waals surface area contributed by atoms with Gasteiger partial charge < -0.3 is 0 Å².